The summed E-state index contributed by atoms with van der Waals surface area (Å²) in [6.07, 6.45) is 10.3. The molecule has 0 aliphatic heterocycles. The maximum Gasteiger partial charge on any atom is 0.147 e. The van der Waals surface area contributed by atoms with Gasteiger partial charge in [-0.1, -0.05) is 6.92 Å². The van der Waals surface area contributed by atoms with Gasteiger partial charge in [0.15, 0.2) is 0 Å². The third kappa shape index (κ3) is 2.92. The highest BCUT2D eigenvalue weighted by atomic mass is 15.1. The molecule has 1 aromatic heterocycles. The van der Waals surface area contributed by atoms with Gasteiger partial charge in [-0.2, -0.15) is 0 Å². The lowest BCUT2D eigenvalue weighted by Crippen LogP contribution is -2.25. The summed E-state index contributed by atoms with van der Waals surface area (Å²) in [5.74, 6) is 3.57. The summed E-state index contributed by atoms with van der Waals surface area (Å²) in [5.41, 5.74) is 0. The van der Waals surface area contributed by atoms with Gasteiger partial charge in [0.25, 0.3) is 0 Å². The number of hydrogen-bond acceptors (Lipinski definition) is 4. The monoisotopic (exact) mass is 246 g/mol. The maximum atomic E-state index is 4.59. The lowest BCUT2D eigenvalue weighted by molar-refractivity contribution is 0.565. The zero-order valence-corrected chi connectivity index (χ0v) is 11.0. The van der Waals surface area contributed by atoms with Crippen LogP contribution in [-0.4, -0.2) is 22.6 Å². The first-order valence-corrected chi connectivity index (χ1v) is 7.19. The summed E-state index contributed by atoms with van der Waals surface area (Å²) in [7, 11) is 0. The molecule has 0 saturated heterocycles. The van der Waals surface area contributed by atoms with E-state index in [-0.39, 0.29) is 0 Å². The van der Waals surface area contributed by atoms with Crippen molar-refractivity contribution in [3.8, 4) is 0 Å². The molecule has 2 aliphatic carbocycles. The van der Waals surface area contributed by atoms with Crippen molar-refractivity contribution in [2.24, 2.45) is 11.8 Å². The molecule has 2 fully saturated rings. The van der Waals surface area contributed by atoms with Crippen LogP contribution in [0.5, 0.6) is 0 Å². The number of nitrogens with one attached hydrogen (secondary N) is 2. The van der Waals surface area contributed by atoms with Crippen LogP contribution in [-0.2, 0) is 0 Å². The topological polar surface area (TPSA) is 49.8 Å². The van der Waals surface area contributed by atoms with Gasteiger partial charge < -0.3 is 10.6 Å². The molecule has 1 heterocycles. The molecule has 0 atom stereocenters. The summed E-state index contributed by atoms with van der Waals surface area (Å²) in [5, 5.41) is 6.89. The lowest BCUT2D eigenvalue weighted by Gasteiger charge is -2.18. The summed E-state index contributed by atoms with van der Waals surface area (Å²) >= 11 is 0. The van der Waals surface area contributed by atoms with E-state index in [2.05, 4.69) is 27.5 Å². The van der Waals surface area contributed by atoms with Crippen LogP contribution in [0.2, 0.25) is 0 Å². The van der Waals surface area contributed by atoms with E-state index in [1.807, 2.05) is 6.20 Å². The molecule has 0 unspecified atom stereocenters. The van der Waals surface area contributed by atoms with Gasteiger partial charge in [-0.25, -0.2) is 4.98 Å². The number of nitrogens with zero attached hydrogens (tertiary/aromatic N) is 2. The number of hydrogen-bond donors (Lipinski definition) is 2. The third-order valence-electron chi connectivity index (χ3n) is 3.76. The Labute approximate surface area is 109 Å². The smallest absolute Gasteiger partial charge is 0.147 e. The minimum absolute atomic E-state index is 0.640. The average molecular weight is 246 g/mol. The first-order valence-electron chi connectivity index (χ1n) is 7.19. The Morgan fingerprint density at radius 3 is 2.44 bits per heavy atom. The standard InChI is InChI=1S/C14H22N4/c1-2-7-16-12-8-15-9-13(17-12)18-14(10-3-4-10)11-5-6-11/h8-11,14H,2-7H2,1H3,(H2,16,17,18). The fraction of sp³-hybridized carbons (Fsp3) is 0.714. The van der Waals surface area contributed by atoms with E-state index in [0.29, 0.717) is 6.04 Å². The molecule has 0 bridgehead atoms. The SMILES string of the molecule is CCCNc1cncc(NC(C2CC2)C2CC2)n1. The predicted molar refractivity (Wildman–Crippen MR) is 73.7 cm³/mol. The summed E-state index contributed by atoms with van der Waals surface area (Å²) < 4.78 is 0. The largest absolute Gasteiger partial charge is 0.369 e. The van der Waals surface area contributed by atoms with Crippen LogP contribution in [0.4, 0.5) is 11.6 Å². The Balaban J connectivity index is 1.63. The van der Waals surface area contributed by atoms with E-state index >= 15 is 0 Å². The Morgan fingerprint density at radius 1 is 1.17 bits per heavy atom. The molecular formula is C14H22N4. The fourth-order valence-electron chi connectivity index (χ4n) is 2.48. The zero-order valence-electron chi connectivity index (χ0n) is 11.0. The summed E-state index contributed by atoms with van der Waals surface area (Å²) in [6.45, 7) is 3.10. The van der Waals surface area contributed by atoms with E-state index in [1.165, 1.54) is 25.7 Å². The number of anilines is 2. The molecule has 98 valence electrons. The van der Waals surface area contributed by atoms with Crippen LogP contribution in [0.15, 0.2) is 12.4 Å². The molecule has 0 radical (unpaired) electrons. The second-order valence-corrected chi connectivity index (χ2v) is 5.56. The van der Waals surface area contributed by atoms with Gasteiger partial charge in [0, 0.05) is 12.6 Å². The van der Waals surface area contributed by atoms with Gasteiger partial charge in [0.1, 0.15) is 11.6 Å². The van der Waals surface area contributed by atoms with Crippen molar-refractivity contribution in [1.82, 2.24) is 9.97 Å². The number of aromatic nitrogens is 2. The van der Waals surface area contributed by atoms with E-state index in [9.17, 15) is 0 Å². The maximum absolute atomic E-state index is 4.59. The van der Waals surface area contributed by atoms with Crippen molar-refractivity contribution in [3.63, 3.8) is 0 Å². The van der Waals surface area contributed by atoms with Crippen LogP contribution in [0.1, 0.15) is 39.0 Å². The quantitative estimate of drug-likeness (QED) is 0.776. The van der Waals surface area contributed by atoms with Crippen LogP contribution >= 0.6 is 0 Å². The second kappa shape index (κ2) is 5.12. The van der Waals surface area contributed by atoms with Gasteiger partial charge in [-0.3, -0.25) is 4.98 Å². The third-order valence-corrected chi connectivity index (χ3v) is 3.76. The van der Waals surface area contributed by atoms with E-state index in [0.717, 1.165) is 36.4 Å². The summed E-state index contributed by atoms with van der Waals surface area (Å²) in [6, 6.07) is 0.640. The minimum atomic E-state index is 0.640. The molecule has 2 aliphatic rings. The molecule has 0 aromatic carbocycles. The minimum Gasteiger partial charge on any atom is -0.369 e. The molecule has 4 heteroatoms. The Kier molecular flexibility index (Phi) is 3.35. The molecule has 1 aromatic rings. The Morgan fingerprint density at radius 2 is 1.83 bits per heavy atom. The van der Waals surface area contributed by atoms with Crippen LogP contribution in [0, 0.1) is 11.8 Å². The van der Waals surface area contributed by atoms with Crippen molar-refractivity contribution < 1.29 is 0 Å². The van der Waals surface area contributed by atoms with Gasteiger partial charge in [0.05, 0.1) is 12.4 Å². The second-order valence-electron chi connectivity index (χ2n) is 5.56. The normalized spacial score (nSPS) is 19.0. The van der Waals surface area contributed by atoms with Crippen molar-refractivity contribution in [2.75, 3.05) is 17.2 Å². The summed E-state index contributed by atoms with van der Waals surface area (Å²) in [4.78, 5) is 8.85. The molecule has 2 saturated carbocycles. The van der Waals surface area contributed by atoms with Gasteiger partial charge >= 0.3 is 0 Å². The van der Waals surface area contributed by atoms with E-state index in [4.69, 9.17) is 0 Å². The highest BCUT2D eigenvalue weighted by Crippen LogP contribution is 2.45. The fourth-order valence-corrected chi connectivity index (χ4v) is 2.48. The molecule has 0 amide bonds. The highest BCUT2D eigenvalue weighted by molar-refractivity contribution is 5.42. The molecule has 4 nitrogen and oxygen atoms in total. The first-order chi connectivity index (χ1) is 8.86. The Hall–Kier alpha value is -1.32. The first kappa shape index (κ1) is 11.8. The average Bonchev–Trinajstić information content (AvgIpc) is 3.28. The number of rotatable bonds is 7. The van der Waals surface area contributed by atoms with Crippen molar-refractivity contribution in [3.05, 3.63) is 12.4 Å². The Bertz CT molecular complexity index is 387. The van der Waals surface area contributed by atoms with Crippen LogP contribution in [0.25, 0.3) is 0 Å². The van der Waals surface area contributed by atoms with Gasteiger partial charge in [0.2, 0.25) is 0 Å². The van der Waals surface area contributed by atoms with Crippen molar-refractivity contribution in [2.45, 2.75) is 45.1 Å². The predicted octanol–water partition coefficient (Wildman–Crippen LogP) is 2.90. The molecule has 18 heavy (non-hydrogen) atoms. The molecule has 2 N–H and O–H groups in total. The highest BCUT2D eigenvalue weighted by Gasteiger charge is 2.41. The van der Waals surface area contributed by atoms with E-state index in [1.54, 1.807) is 6.20 Å². The molecule has 3 rings (SSSR count). The molecule has 0 spiro atoms. The lowest BCUT2D eigenvalue weighted by atomic mass is 10.1. The van der Waals surface area contributed by atoms with Gasteiger partial charge in [-0.05, 0) is 43.9 Å². The van der Waals surface area contributed by atoms with Crippen LogP contribution in [0.3, 0.4) is 0 Å². The zero-order chi connectivity index (χ0) is 12.4. The van der Waals surface area contributed by atoms with Crippen molar-refractivity contribution >= 4 is 11.6 Å². The van der Waals surface area contributed by atoms with E-state index < -0.39 is 0 Å². The van der Waals surface area contributed by atoms with Crippen LogP contribution < -0.4 is 10.6 Å². The van der Waals surface area contributed by atoms with Crippen molar-refractivity contribution in [1.29, 1.82) is 0 Å². The van der Waals surface area contributed by atoms with Gasteiger partial charge in [-0.15, -0.1) is 0 Å². The molecular weight excluding hydrogens is 224 g/mol.